The van der Waals surface area contributed by atoms with Crippen LogP contribution in [0.2, 0.25) is 0 Å². The third-order valence-corrected chi connectivity index (χ3v) is 3.55. The first-order valence-electron chi connectivity index (χ1n) is 6.11. The van der Waals surface area contributed by atoms with Crippen molar-refractivity contribution < 1.29 is 13.9 Å². The van der Waals surface area contributed by atoms with Gasteiger partial charge in [-0.15, -0.1) is 0 Å². The first kappa shape index (κ1) is 13.0. The summed E-state index contributed by atoms with van der Waals surface area (Å²) < 4.78 is 17.6. The van der Waals surface area contributed by atoms with Crippen molar-refractivity contribution in [3.8, 4) is 0 Å². The number of halogens is 1. The Labute approximate surface area is 106 Å². The van der Waals surface area contributed by atoms with E-state index in [4.69, 9.17) is 4.74 Å². The maximum Gasteiger partial charge on any atom is 0.325 e. The molecule has 1 aliphatic heterocycles. The second-order valence-electron chi connectivity index (χ2n) is 5.11. The van der Waals surface area contributed by atoms with Gasteiger partial charge in [-0.25, -0.2) is 4.39 Å². The summed E-state index contributed by atoms with van der Waals surface area (Å²) in [6.07, 6.45) is 1.59. The number of ether oxygens (including phenoxy) is 1. The Morgan fingerprint density at radius 1 is 1.50 bits per heavy atom. The van der Waals surface area contributed by atoms with E-state index in [0.29, 0.717) is 5.92 Å². The number of esters is 1. The maximum absolute atomic E-state index is 12.8. The van der Waals surface area contributed by atoms with Crippen molar-refractivity contribution in [2.24, 2.45) is 5.92 Å². The van der Waals surface area contributed by atoms with E-state index in [0.717, 1.165) is 24.9 Å². The van der Waals surface area contributed by atoms with Crippen molar-refractivity contribution in [2.45, 2.75) is 25.3 Å². The summed E-state index contributed by atoms with van der Waals surface area (Å²) in [5, 5.41) is 3.22. The average molecular weight is 251 g/mol. The molecule has 2 unspecified atom stereocenters. The highest BCUT2D eigenvalue weighted by Gasteiger charge is 2.41. The molecule has 1 heterocycles. The largest absolute Gasteiger partial charge is 0.468 e. The molecular weight excluding hydrogens is 233 g/mol. The highest BCUT2D eigenvalue weighted by molar-refractivity contribution is 5.80. The van der Waals surface area contributed by atoms with Crippen LogP contribution in [0.4, 0.5) is 4.39 Å². The third kappa shape index (κ3) is 2.70. The molecule has 0 aliphatic carbocycles. The van der Waals surface area contributed by atoms with Gasteiger partial charge in [0.1, 0.15) is 11.4 Å². The van der Waals surface area contributed by atoms with Gasteiger partial charge in [-0.05, 0) is 49.9 Å². The number of methoxy groups -OCH3 is 1. The molecule has 18 heavy (non-hydrogen) atoms. The van der Waals surface area contributed by atoms with Crippen LogP contribution in [0.3, 0.4) is 0 Å². The Balaban J connectivity index is 1.97. The lowest BCUT2D eigenvalue weighted by Gasteiger charge is -2.20. The van der Waals surface area contributed by atoms with Crippen LogP contribution in [0.5, 0.6) is 0 Å². The predicted octanol–water partition coefficient (Wildman–Crippen LogP) is 1.91. The van der Waals surface area contributed by atoms with E-state index in [1.54, 1.807) is 12.1 Å². The molecule has 4 heteroatoms. The van der Waals surface area contributed by atoms with Gasteiger partial charge in [0.25, 0.3) is 0 Å². The second-order valence-corrected chi connectivity index (χ2v) is 5.11. The number of hydrogen-bond acceptors (Lipinski definition) is 3. The normalized spacial score (nSPS) is 27.2. The van der Waals surface area contributed by atoms with Crippen LogP contribution >= 0.6 is 0 Å². The number of rotatable bonds is 3. The molecule has 0 aromatic heterocycles. The fourth-order valence-electron chi connectivity index (χ4n) is 2.57. The van der Waals surface area contributed by atoms with Crippen molar-refractivity contribution in [3.05, 3.63) is 35.6 Å². The van der Waals surface area contributed by atoms with E-state index in [1.165, 1.54) is 19.2 Å². The van der Waals surface area contributed by atoms with E-state index in [9.17, 15) is 9.18 Å². The summed E-state index contributed by atoms with van der Waals surface area (Å²) in [6, 6.07) is 6.53. The average Bonchev–Trinajstić information content (AvgIpc) is 2.74. The molecular formula is C14H18FNO2. The summed E-state index contributed by atoms with van der Waals surface area (Å²) in [7, 11) is 1.41. The number of carbonyl (C=O) groups excluding carboxylic acids is 1. The fourth-order valence-corrected chi connectivity index (χ4v) is 2.57. The van der Waals surface area contributed by atoms with Gasteiger partial charge in [-0.2, -0.15) is 0 Å². The molecule has 0 bridgehead atoms. The SMILES string of the molecule is COC(=O)C1(C)CC(Cc2ccc(F)cc2)CN1. The zero-order valence-corrected chi connectivity index (χ0v) is 10.7. The Morgan fingerprint density at radius 2 is 2.17 bits per heavy atom. The molecule has 1 N–H and O–H groups in total. The maximum atomic E-state index is 12.8. The Bertz CT molecular complexity index is 432. The minimum atomic E-state index is -0.584. The minimum Gasteiger partial charge on any atom is -0.468 e. The van der Waals surface area contributed by atoms with E-state index >= 15 is 0 Å². The van der Waals surface area contributed by atoms with Gasteiger partial charge in [0.2, 0.25) is 0 Å². The lowest BCUT2D eigenvalue weighted by molar-refractivity contribution is -0.147. The van der Waals surface area contributed by atoms with Gasteiger partial charge < -0.3 is 10.1 Å². The molecule has 1 aromatic carbocycles. The third-order valence-electron chi connectivity index (χ3n) is 3.55. The monoisotopic (exact) mass is 251 g/mol. The van der Waals surface area contributed by atoms with Crippen molar-refractivity contribution in [2.75, 3.05) is 13.7 Å². The van der Waals surface area contributed by atoms with Gasteiger partial charge in [-0.1, -0.05) is 12.1 Å². The molecule has 98 valence electrons. The second kappa shape index (κ2) is 5.06. The van der Waals surface area contributed by atoms with Crippen LogP contribution in [-0.2, 0) is 16.0 Å². The van der Waals surface area contributed by atoms with Gasteiger partial charge in [-0.3, -0.25) is 4.79 Å². The summed E-state index contributed by atoms with van der Waals surface area (Å²) >= 11 is 0. The van der Waals surface area contributed by atoms with Crippen molar-refractivity contribution in [1.82, 2.24) is 5.32 Å². The van der Waals surface area contributed by atoms with Crippen LogP contribution in [0.15, 0.2) is 24.3 Å². The molecule has 1 aliphatic rings. The van der Waals surface area contributed by atoms with E-state index in [2.05, 4.69) is 5.32 Å². The molecule has 0 spiro atoms. The van der Waals surface area contributed by atoms with Crippen LogP contribution < -0.4 is 5.32 Å². The van der Waals surface area contributed by atoms with Crippen LogP contribution in [0, 0.1) is 11.7 Å². The van der Waals surface area contributed by atoms with E-state index in [1.807, 2.05) is 6.92 Å². The molecule has 3 nitrogen and oxygen atoms in total. The van der Waals surface area contributed by atoms with Crippen LogP contribution in [-0.4, -0.2) is 25.2 Å². The fraction of sp³-hybridized carbons (Fsp3) is 0.500. The summed E-state index contributed by atoms with van der Waals surface area (Å²) in [6.45, 7) is 2.65. The Hall–Kier alpha value is -1.42. The summed E-state index contributed by atoms with van der Waals surface area (Å²) in [5.74, 6) is -0.0636. The van der Waals surface area contributed by atoms with Crippen molar-refractivity contribution in [1.29, 1.82) is 0 Å². The number of carbonyl (C=O) groups is 1. The van der Waals surface area contributed by atoms with Gasteiger partial charge in [0.05, 0.1) is 7.11 Å². The van der Waals surface area contributed by atoms with Crippen molar-refractivity contribution in [3.63, 3.8) is 0 Å². The molecule has 1 saturated heterocycles. The van der Waals surface area contributed by atoms with Crippen LogP contribution in [0.25, 0.3) is 0 Å². The molecule has 0 amide bonds. The summed E-state index contributed by atoms with van der Waals surface area (Å²) in [4.78, 5) is 11.6. The predicted molar refractivity (Wildman–Crippen MR) is 66.6 cm³/mol. The number of nitrogens with one attached hydrogen (secondary N) is 1. The van der Waals surface area contributed by atoms with Crippen LogP contribution in [0.1, 0.15) is 18.9 Å². The lowest BCUT2D eigenvalue weighted by Crippen LogP contribution is -2.45. The molecule has 2 rings (SSSR count). The zero-order chi connectivity index (χ0) is 13.2. The first-order chi connectivity index (χ1) is 8.53. The number of hydrogen-bond donors (Lipinski definition) is 1. The van der Waals surface area contributed by atoms with Crippen molar-refractivity contribution >= 4 is 5.97 Å². The standard InChI is InChI=1S/C14H18FNO2/c1-14(13(17)18-2)8-11(9-16-14)7-10-3-5-12(15)6-4-10/h3-6,11,16H,7-9H2,1-2H3. The quantitative estimate of drug-likeness (QED) is 0.834. The minimum absolute atomic E-state index is 0.218. The smallest absolute Gasteiger partial charge is 0.325 e. The molecule has 1 fully saturated rings. The molecule has 1 aromatic rings. The Morgan fingerprint density at radius 3 is 2.78 bits per heavy atom. The van der Waals surface area contributed by atoms with Gasteiger partial charge in [0, 0.05) is 0 Å². The molecule has 2 atom stereocenters. The highest BCUT2D eigenvalue weighted by atomic mass is 19.1. The lowest BCUT2D eigenvalue weighted by atomic mass is 9.91. The zero-order valence-electron chi connectivity index (χ0n) is 10.7. The summed E-state index contributed by atoms with van der Waals surface area (Å²) in [5.41, 5.74) is 0.511. The van der Waals surface area contributed by atoms with E-state index in [-0.39, 0.29) is 11.8 Å². The number of benzene rings is 1. The molecule has 0 radical (unpaired) electrons. The topological polar surface area (TPSA) is 38.3 Å². The molecule has 0 saturated carbocycles. The van der Waals surface area contributed by atoms with Gasteiger partial charge >= 0.3 is 5.97 Å². The highest BCUT2D eigenvalue weighted by Crippen LogP contribution is 2.27. The van der Waals surface area contributed by atoms with Gasteiger partial charge in [0.15, 0.2) is 0 Å². The Kier molecular flexibility index (Phi) is 3.66. The first-order valence-corrected chi connectivity index (χ1v) is 6.11. The van der Waals surface area contributed by atoms with E-state index < -0.39 is 5.54 Å².